The van der Waals surface area contributed by atoms with Gasteiger partial charge in [-0.2, -0.15) is 0 Å². The lowest BCUT2D eigenvalue weighted by Crippen LogP contribution is -2.23. The SMILES string of the molecule is CCC(N)Cc1nccn1Cc1ccc(Br)s1. The maximum Gasteiger partial charge on any atom is 0.110 e. The molecular formula is C12H16BrN3S. The first-order valence-electron chi connectivity index (χ1n) is 5.69. The summed E-state index contributed by atoms with van der Waals surface area (Å²) in [5, 5.41) is 0. The van der Waals surface area contributed by atoms with Gasteiger partial charge in [0.1, 0.15) is 5.82 Å². The molecule has 5 heteroatoms. The van der Waals surface area contributed by atoms with Crippen LogP contribution in [0, 0.1) is 0 Å². The lowest BCUT2D eigenvalue weighted by atomic mass is 10.1. The van der Waals surface area contributed by atoms with Gasteiger partial charge in [-0.1, -0.05) is 6.92 Å². The monoisotopic (exact) mass is 313 g/mol. The van der Waals surface area contributed by atoms with Gasteiger partial charge in [-0.05, 0) is 34.5 Å². The highest BCUT2D eigenvalue weighted by molar-refractivity contribution is 9.11. The van der Waals surface area contributed by atoms with Crippen LogP contribution >= 0.6 is 27.3 Å². The van der Waals surface area contributed by atoms with Crippen LogP contribution in [0.4, 0.5) is 0 Å². The summed E-state index contributed by atoms with van der Waals surface area (Å²) < 4.78 is 3.34. The van der Waals surface area contributed by atoms with Crippen LogP contribution in [0.1, 0.15) is 24.0 Å². The number of halogens is 1. The molecule has 2 heterocycles. The molecule has 0 saturated heterocycles. The van der Waals surface area contributed by atoms with Crippen LogP contribution in [0.5, 0.6) is 0 Å². The highest BCUT2D eigenvalue weighted by Crippen LogP contribution is 2.23. The zero-order valence-electron chi connectivity index (χ0n) is 9.77. The molecule has 0 aliphatic carbocycles. The van der Waals surface area contributed by atoms with Gasteiger partial charge in [-0.3, -0.25) is 0 Å². The molecule has 0 radical (unpaired) electrons. The van der Waals surface area contributed by atoms with Gasteiger partial charge >= 0.3 is 0 Å². The Balaban J connectivity index is 2.08. The molecule has 1 atom stereocenters. The molecule has 0 spiro atoms. The molecule has 3 nitrogen and oxygen atoms in total. The minimum atomic E-state index is 0.200. The van der Waals surface area contributed by atoms with Crippen molar-refractivity contribution in [3.05, 3.63) is 39.0 Å². The molecule has 2 aromatic rings. The van der Waals surface area contributed by atoms with Gasteiger partial charge in [-0.15, -0.1) is 11.3 Å². The third-order valence-corrected chi connectivity index (χ3v) is 4.33. The average Bonchev–Trinajstić information content (AvgIpc) is 2.89. The van der Waals surface area contributed by atoms with Crippen molar-refractivity contribution >= 4 is 27.3 Å². The number of hydrogen-bond acceptors (Lipinski definition) is 3. The summed E-state index contributed by atoms with van der Waals surface area (Å²) in [4.78, 5) is 5.70. The van der Waals surface area contributed by atoms with E-state index in [1.54, 1.807) is 11.3 Å². The number of hydrogen-bond donors (Lipinski definition) is 1. The Labute approximate surface area is 114 Å². The smallest absolute Gasteiger partial charge is 0.110 e. The molecule has 0 aromatic carbocycles. The predicted octanol–water partition coefficient (Wildman–Crippen LogP) is 3.04. The van der Waals surface area contributed by atoms with Crippen molar-refractivity contribution in [1.29, 1.82) is 0 Å². The molecule has 2 rings (SSSR count). The van der Waals surface area contributed by atoms with E-state index in [9.17, 15) is 0 Å². The quantitative estimate of drug-likeness (QED) is 0.922. The number of nitrogens with zero attached hydrogens (tertiary/aromatic N) is 2. The van der Waals surface area contributed by atoms with Crippen LogP contribution in [0.15, 0.2) is 28.3 Å². The highest BCUT2D eigenvalue weighted by atomic mass is 79.9. The fourth-order valence-corrected chi connectivity index (χ4v) is 3.14. The van der Waals surface area contributed by atoms with Gasteiger partial charge < -0.3 is 10.3 Å². The summed E-state index contributed by atoms with van der Waals surface area (Å²) in [6.45, 7) is 2.98. The van der Waals surface area contributed by atoms with Crippen molar-refractivity contribution in [3.8, 4) is 0 Å². The van der Waals surface area contributed by atoms with Crippen molar-refractivity contribution in [3.63, 3.8) is 0 Å². The lowest BCUT2D eigenvalue weighted by Gasteiger charge is -2.10. The number of aromatic nitrogens is 2. The molecule has 0 amide bonds. The molecule has 17 heavy (non-hydrogen) atoms. The van der Waals surface area contributed by atoms with Gasteiger partial charge in [0, 0.05) is 29.7 Å². The zero-order chi connectivity index (χ0) is 12.3. The van der Waals surface area contributed by atoms with Crippen molar-refractivity contribution in [2.75, 3.05) is 0 Å². The minimum Gasteiger partial charge on any atom is -0.330 e. The van der Waals surface area contributed by atoms with Crippen LogP contribution in [0.25, 0.3) is 0 Å². The van der Waals surface area contributed by atoms with E-state index in [2.05, 4.69) is 44.5 Å². The molecule has 1 unspecified atom stereocenters. The van der Waals surface area contributed by atoms with Crippen LogP contribution < -0.4 is 5.73 Å². The summed E-state index contributed by atoms with van der Waals surface area (Å²) in [6, 6.07) is 4.42. The fourth-order valence-electron chi connectivity index (χ4n) is 1.66. The minimum absolute atomic E-state index is 0.200. The Hall–Kier alpha value is -0.650. The van der Waals surface area contributed by atoms with Gasteiger partial charge in [0.15, 0.2) is 0 Å². The van der Waals surface area contributed by atoms with Crippen LogP contribution in [-0.2, 0) is 13.0 Å². The molecule has 0 aliphatic heterocycles. The summed E-state index contributed by atoms with van der Waals surface area (Å²) >= 11 is 5.24. The van der Waals surface area contributed by atoms with Crippen molar-refractivity contribution < 1.29 is 0 Å². The third kappa shape index (κ3) is 3.40. The lowest BCUT2D eigenvalue weighted by molar-refractivity contribution is 0.598. The first-order valence-corrected chi connectivity index (χ1v) is 7.29. The Kier molecular flexibility index (Phi) is 4.36. The fraction of sp³-hybridized carbons (Fsp3) is 0.417. The van der Waals surface area contributed by atoms with E-state index >= 15 is 0 Å². The average molecular weight is 314 g/mol. The molecule has 0 fully saturated rings. The maximum atomic E-state index is 5.97. The van der Waals surface area contributed by atoms with E-state index in [-0.39, 0.29) is 6.04 Å². The van der Waals surface area contributed by atoms with E-state index in [4.69, 9.17) is 5.73 Å². The van der Waals surface area contributed by atoms with Crippen molar-refractivity contribution in [2.24, 2.45) is 5.73 Å². The third-order valence-electron chi connectivity index (χ3n) is 2.73. The molecule has 0 aliphatic rings. The normalized spacial score (nSPS) is 12.9. The summed E-state index contributed by atoms with van der Waals surface area (Å²) in [5.74, 6) is 1.07. The van der Waals surface area contributed by atoms with E-state index in [1.807, 2.05) is 12.4 Å². The second kappa shape index (κ2) is 5.80. The second-order valence-corrected chi connectivity index (χ2v) is 6.60. The van der Waals surface area contributed by atoms with Crippen LogP contribution in [0.3, 0.4) is 0 Å². The molecular weight excluding hydrogens is 298 g/mol. The zero-order valence-corrected chi connectivity index (χ0v) is 12.2. The largest absolute Gasteiger partial charge is 0.330 e. The van der Waals surface area contributed by atoms with E-state index in [0.29, 0.717) is 0 Å². The highest BCUT2D eigenvalue weighted by Gasteiger charge is 2.08. The van der Waals surface area contributed by atoms with Crippen molar-refractivity contribution in [1.82, 2.24) is 9.55 Å². The summed E-state index contributed by atoms with van der Waals surface area (Å²) in [6.07, 6.45) is 5.69. The van der Waals surface area contributed by atoms with Crippen molar-refractivity contribution in [2.45, 2.75) is 32.4 Å². The number of thiophene rings is 1. The Morgan fingerprint density at radius 2 is 2.35 bits per heavy atom. The summed E-state index contributed by atoms with van der Waals surface area (Å²) in [5.41, 5.74) is 5.97. The van der Waals surface area contributed by atoms with Gasteiger partial charge in [-0.25, -0.2) is 4.98 Å². The molecule has 2 N–H and O–H groups in total. The maximum absolute atomic E-state index is 5.97. The Morgan fingerprint density at radius 1 is 1.53 bits per heavy atom. The first-order chi connectivity index (χ1) is 8.19. The van der Waals surface area contributed by atoms with E-state index in [0.717, 1.165) is 25.2 Å². The Bertz CT molecular complexity index is 478. The number of rotatable bonds is 5. The van der Waals surface area contributed by atoms with Crippen LogP contribution in [0.2, 0.25) is 0 Å². The van der Waals surface area contributed by atoms with E-state index in [1.165, 1.54) is 8.66 Å². The van der Waals surface area contributed by atoms with E-state index < -0.39 is 0 Å². The number of nitrogens with two attached hydrogens (primary N) is 1. The Morgan fingerprint density at radius 3 is 3.00 bits per heavy atom. The first kappa shape index (κ1) is 12.8. The van der Waals surface area contributed by atoms with Gasteiger partial charge in [0.05, 0.1) is 10.3 Å². The second-order valence-electron chi connectivity index (χ2n) is 4.05. The molecule has 2 aromatic heterocycles. The standard InChI is InChI=1S/C12H16BrN3S/c1-2-9(14)7-12-15-5-6-16(12)8-10-3-4-11(13)17-10/h3-6,9H,2,7-8,14H2,1H3. The summed E-state index contributed by atoms with van der Waals surface area (Å²) in [7, 11) is 0. The number of imidazole rings is 1. The van der Waals surface area contributed by atoms with Gasteiger partial charge in [0.2, 0.25) is 0 Å². The molecule has 0 bridgehead atoms. The molecule has 0 saturated carbocycles. The topological polar surface area (TPSA) is 43.8 Å². The van der Waals surface area contributed by atoms with Crippen LogP contribution in [-0.4, -0.2) is 15.6 Å². The predicted molar refractivity (Wildman–Crippen MR) is 75.3 cm³/mol. The molecule has 92 valence electrons. The van der Waals surface area contributed by atoms with Gasteiger partial charge in [0.25, 0.3) is 0 Å².